The lowest BCUT2D eigenvalue weighted by Crippen LogP contribution is -2.55. The van der Waals surface area contributed by atoms with Crippen molar-refractivity contribution in [2.75, 3.05) is 39.3 Å². The molecule has 5 atom stereocenters. The van der Waals surface area contributed by atoms with E-state index in [1.54, 1.807) is 34.1 Å². The van der Waals surface area contributed by atoms with Crippen molar-refractivity contribution in [3.05, 3.63) is 88.4 Å². The topological polar surface area (TPSA) is 176 Å². The number of phenols is 1. The molecule has 5 rings (SSSR count). The number of benzene rings is 2. The van der Waals surface area contributed by atoms with Crippen LogP contribution in [0.4, 0.5) is 4.79 Å². The summed E-state index contributed by atoms with van der Waals surface area (Å²) in [6.07, 6.45) is -4.08. The van der Waals surface area contributed by atoms with Crippen molar-refractivity contribution >= 4 is 11.9 Å². The summed E-state index contributed by atoms with van der Waals surface area (Å²) in [5.74, 6) is 0.00972. The number of nitrogens with one attached hydrogen (secondary N) is 1. The highest BCUT2D eigenvalue weighted by Gasteiger charge is 2.44. The standard InChI is InChI=1S/C32H39N3O9/c1-19-15-24(37)23(30-29(40)28(39)27(38)26(18-36)44-30)17-22(19)16-21-6-4-20(5-7-21)8-9-33-32(42)35-12-10-34(11-13-35)31(41)25-3-2-14-43-25/h2-7,14-15,17,26-30,36-40H,8-13,16,18H2,1H3,(H,33,42)/t26-,27-,28+,29-,30+/m1/s1. The number of aliphatic hydroxyl groups excluding tert-OH is 4. The van der Waals surface area contributed by atoms with Crippen LogP contribution in [0.2, 0.25) is 0 Å². The molecule has 0 unspecified atom stereocenters. The van der Waals surface area contributed by atoms with Gasteiger partial charge in [-0.25, -0.2) is 4.79 Å². The molecule has 3 amide bonds. The number of urea groups is 1. The number of aliphatic hydroxyl groups is 4. The van der Waals surface area contributed by atoms with Gasteiger partial charge in [0.1, 0.15) is 36.3 Å². The van der Waals surface area contributed by atoms with Gasteiger partial charge < -0.3 is 49.8 Å². The third kappa shape index (κ3) is 6.90. The summed E-state index contributed by atoms with van der Waals surface area (Å²) in [7, 11) is 0. The largest absolute Gasteiger partial charge is 0.508 e. The lowest BCUT2D eigenvalue weighted by molar-refractivity contribution is -0.232. The Morgan fingerprint density at radius 3 is 2.27 bits per heavy atom. The van der Waals surface area contributed by atoms with Crippen LogP contribution < -0.4 is 5.32 Å². The summed E-state index contributed by atoms with van der Waals surface area (Å²) in [5.41, 5.74) is 4.02. The van der Waals surface area contributed by atoms with Crippen molar-refractivity contribution in [1.29, 1.82) is 0 Å². The molecule has 12 nitrogen and oxygen atoms in total. The van der Waals surface area contributed by atoms with Gasteiger partial charge in [0.25, 0.3) is 5.91 Å². The summed E-state index contributed by atoms with van der Waals surface area (Å²) in [5, 5.41) is 54.0. The van der Waals surface area contributed by atoms with E-state index in [0.29, 0.717) is 51.3 Å². The molecule has 3 heterocycles. The number of aromatic hydroxyl groups is 1. The maximum Gasteiger partial charge on any atom is 0.317 e. The summed E-state index contributed by atoms with van der Waals surface area (Å²) >= 11 is 0. The summed E-state index contributed by atoms with van der Waals surface area (Å²) in [4.78, 5) is 28.5. The number of rotatable bonds is 8. The number of phenolic OH excluding ortho intramolecular Hbond substituents is 1. The Morgan fingerprint density at radius 1 is 0.932 bits per heavy atom. The molecule has 6 N–H and O–H groups in total. The van der Waals surface area contributed by atoms with Crippen LogP contribution in [0.15, 0.2) is 59.2 Å². The fourth-order valence-corrected chi connectivity index (χ4v) is 5.67. The Labute approximate surface area is 255 Å². The molecule has 1 aromatic heterocycles. The van der Waals surface area contributed by atoms with Gasteiger partial charge in [-0.3, -0.25) is 4.79 Å². The molecule has 236 valence electrons. The third-order valence-corrected chi connectivity index (χ3v) is 8.38. The van der Waals surface area contributed by atoms with E-state index in [4.69, 9.17) is 9.15 Å². The predicted octanol–water partition coefficient (Wildman–Crippen LogP) is 1.11. The zero-order chi connectivity index (χ0) is 31.4. The van der Waals surface area contributed by atoms with Gasteiger partial charge >= 0.3 is 6.03 Å². The van der Waals surface area contributed by atoms with Gasteiger partial charge in [-0.2, -0.15) is 0 Å². The van der Waals surface area contributed by atoms with Gasteiger partial charge in [-0.1, -0.05) is 24.3 Å². The highest BCUT2D eigenvalue weighted by molar-refractivity contribution is 5.91. The third-order valence-electron chi connectivity index (χ3n) is 8.38. The second-order valence-corrected chi connectivity index (χ2v) is 11.3. The predicted molar refractivity (Wildman–Crippen MR) is 158 cm³/mol. The van der Waals surface area contributed by atoms with Crippen molar-refractivity contribution in [3.8, 4) is 5.75 Å². The zero-order valence-corrected chi connectivity index (χ0v) is 24.5. The number of piperazine rings is 1. The number of ether oxygens (including phenoxy) is 1. The Morgan fingerprint density at radius 2 is 1.61 bits per heavy atom. The first-order chi connectivity index (χ1) is 21.2. The Balaban J connectivity index is 1.12. The molecule has 0 spiro atoms. The van der Waals surface area contributed by atoms with E-state index < -0.39 is 37.1 Å². The molecule has 2 aliphatic heterocycles. The number of carbonyl (C=O) groups is 2. The van der Waals surface area contributed by atoms with E-state index in [1.165, 1.54) is 6.26 Å². The molecule has 2 aromatic carbocycles. The van der Waals surface area contributed by atoms with Gasteiger partial charge in [0.05, 0.1) is 12.9 Å². The number of amides is 3. The average Bonchev–Trinajstić information content (AvgIpc) is 3.57. The maximum absolute atomic E-state index is 12.6. The summed E-state index contributed by atoms with van der Waals surface area (Å²) in [6.45, 7) is 3.55. The van der Waals surface area contributed by atoms with Gasteiger partial charge in [0.15, 0.2) is 5.76 Å². The van der Waals surface area contributed by atoms with Crippen LogP contribution in [0, 0.1) is 6.92 Å². The number of hydrogen-bond donors (Lipinski definition) is 6. The molecule has 0 aliphatic carbocycles. The van der Waals surface area contributed by atoms with Crippen LogP contribution in [-0.4, -0.2) is 111 Å². The Hall–Kier alpha value is -3.94. The van der Waals surface area contributed by atoms with Gasteiger partial charge in [-0.15, -0.1) is 0 Å². The molecular formula is C32H39N3O9. The van der Waals surface area contributed by atoms with Crippen molar-refractivity contribution < 1.29 is 44.3 Å². The quantitative estimate of drug-likeness (QED) is 0.218. The Bertz CT molecular complexity index is 1420. The van der Waals surface area contributed by atoms with Crippen LogP contribution in [0.5, 0.6) is 5.75 Å². The number of hydrogen-bond acceptors (Lipinski definition) is 9. The number of furan rings is 1. The van der Waals surface area contributed by atoms with Crippen molar-refractivity contribution in [2.24, 2.45) is 0 Å². The van der Waals surface area contributed by atoms with Crippen LogP contribution in [0.25, 0.3) is 0 Å². The smallest absolute Gasteiger partial charge is 0.317 e. The molecule has 44 heavy (non-hydrogen) atoms. The summed E-state index contributed by atoms with van der Waals surface area (Å²) in [6, 6.07) is 14.4. The molecule has 12 heteroatoms. The van der Waals surface area contributed by atoms with Crippen LogP contribution in [-0.2, 0) is 17.6 Å². The van der Waals surface area contributed by atoms with Crippen molar-refractivity contribution in [3.63, 3.8) is 0 Å². The first-order valence-electron chi connectivity index (χ1n) is 14.7. The van der Waals surface area contributed by atoms with Crippen LogP contribution in [0.1, 0.15) is 44.5 Å². The average molecular weight is 610 g/mol. The van der Waals surface area contributed by atoms with E-state index in [-0.39, 0.29) is 23.3 Å². The molecule has 0 bridgehead atoms. The second-order valence-electron chi connectivity index (χ2n) is 11.3. The van der Waals surface area contributed by atoms with E-state index >= 15 is 0 Å². The molecule has 3 aromatic rings. The normalized spacial score (nSPS) is 23.9. The molecule has 2 saturated heterocycles. The van der Waals surface area contributed by atoms with E-state index in [2.05, 4.69) is 5.32 Å². The Kier molecular flexibility index (Phi) is 9.87. The van der Waals surface area contributed by atoms with Crippen molar-refractivity contribution in [2.45, 2.75) is 50.3 Å². The molecular weight excluding hydrogens is 570 g/mol. The first-order valence-corrected chi connectivity index (χ1v) is 14.7. The van der Waals surface area contributed by atoms with Gasteiger partial charge in [-0.05, 0) is 66.3 Å². The fourth-order valence-electron chi connectivity index (χ4n) is 5.67. The van der Waals surface area contributed by atoms with Gasteiger partial charge in [0, 0.05) is 38.3 Å². The minimum absolute atomic E-state index is 0.114. The SMILES string of the molecule is Cc1cc(O)c([C@@H]2O[C@H](CO)[C@@H](O)[C@H](O)[C@H]2O)cc1Cc1ccc(CCNC(=O)N2CCN(C(=O)c3ccco3)CC2)cc1. The second kappa shape index (κ2) is 13.8. The monoisotopic (exact) mass is 609 g/mol. The molecule has 0 saturated carbocycles. The molecule has 2 fully saturated rings. The highest BCUT2D eigenvalue weighted by atomic mass is 16.5. The minimum atomic E-state index is -1.54. The lowest BCUT2D eigenvalue weighted by atomic mass is 9.88. The number of nitrogens with zero attached hydrogens (tertiary/aromatic N) is 2. The highest BCUT2D eigenvalue weighted by Crippen LogP contribution is 2.38. The maximum atomic E-state index is 12.6. The van der Waals surface area contributed by atoms with Crippen molar-refractivity contribution in [1.82, 2.24) is 15.1 Å². The minimum Gasteiger partial charge on any atom is -0.508 e. The van der Waals surface area contributed by atoms with Crippen LogP contribution >= 0.6 is 0 Å². The molecule has 2 aliphatic rings. The van der Waals surface area contributed by atoms with E-state index in [1.807, 2.05) is 31.2 Å². The van der Waals surface area contributed by atoms with E-state index in [9.17, 15) is 35.1 Å². The molecule has 0 radical (unpaired) electrons. The number of carbonyl (C=O) groups excluding carboxylic acids is 2. The van der Waals surface area contributed by atoms with E-state index in [0.717, 1.165) is 22.3 Å². The zero-order valence-electron chi connectivity index (χ0n) is 24.5. The fraction of sp³-hybridized carbons (Fsp3) is 0.438. The summed E-state index contributed by atoms with van der Waals surface area (Å²) < 4.78 is 10.8. The van der Waals surface area contributed by atoms with Crippen LogP contribution in [0.3, 0.4) is 0 Å². The number of aryl methyl sites for hydroxylation is 1. The first kappa shape index (κ1) is 31.5. The lowest BCUT2D eigenvalue weighted by Gasteiger charge is -2.40. The van der Waals surface area contributed by atoms with Gasteiger partial charge in [0.2, 0.25) is 0 Å².